The van der Waals surface area contributed by atoms with Gasteiger partial charge in [0.2, 0.25) is 0 Å². The van der Waals surface area contributed by atoms with Crippen LogP contribution in [0.1, 0.15) is 5.56 Å². The summed E-state index contributed by atoms with van der Waals surface area (Å²) in [5.41, 5.74) is 1.46. The molecule has 14 heavy (non-hydrogen) atoms. The fourth-order valence-electron chi connectivity index (χ4n) is 1.66. The first kappa shape index (κ1) is 10.4. The van der Waals surface area contributed by atoms with Crippen molar-refractivity contribution in [3.8, 4) is 0 Å². The number of hydrogen-bond donors (Lipinski definition) is 0. The molecule has 0 aliphatic heterocycles. The largest absolute Gasteiger partial charge is 0.0924 e. The first-order chi connectivity index (χ1) is 6.83. The molecule has 2 rings (SSSR count). The van der Waals surface area contributed by atoms with E-state index in [-0.39, 0.29) is 0 Å². The van der Waals surface area contributed by atoms with Crippen LogP contribution in [-0.4, -0.2) is 5.33 Å². The second-order valence-corrected chi connectivity index (χ2v) is 5.14. The molecule has 0 aromatic heterocycles. The number of benzene rings is 2. The maximum absolute atomic E-state index is 3.50. The molecule has 2 aromatic carbocycles. The summed E-state index contributed by atoms with van der Waals surface area (Å²) in [4.78, 5) is 0. The van der Waals surface area contributed by atoms with E-state index >= 15 is 0 Å². The highest BCUT2D eigenvalue weighted by Crippen LogP contribution is 2.24. The minimum absolute atomic E-state index is 1.02. The van der Waals surface area contributed by atoms with Gasteiger partial charge in [-0.2, -0.15) is 0 Å². The first-order valence-electron chi connectivity index (χ1n) is 4.55. The summed E-state index contributed by atoms with van der Waals surface area (Å²) in [6.07, 6.45) is 1.10. The fourth-order valence-corrected chi connectivity index (χ4v) is 2.79. The number of hydrogen-bond acceptors (Lipinski definition) is 0. The SMILES string of the molecule is BrCCc1c(I)ccc2ccccc12. The molecule has 2 heteroatoms. The molecule has 0 unspecified atom stereocenters. The van der Waals surface area contributed by atoms with Crippen molar-refractivity contribution in [2.24, 2.45) is 0 Å². The van der Waals surface area contributed by atoms with E-state index in [1.165, 1.54) is 19.9 Å². The Bertz CT molecular complexity index is 451. The summed E-state index contributed by atoms with van der Waals surface area (Å²) in [5.74, 6) is 0. The van der Waals surface area contributed by atoms with Gasteiger partial charge in [0.25, 0.3) is 0 Å². The zero-order valence-electron chi connectivity index (χ0n) is 7.63. The molecule has 0 atom stereocenters. The lowest BCUT2D eigenvalue weighted by molar-refractivity contribution is 1.18. The standard InChI is InChI=1S/C12H10BrI/c13-8-7-11-10-4-2-1-3-9(10)5-6-12(11)14/h1-6H,7-8H2. The molecule has 0 radical (unpaired) electrons. The second-order valence-electron chi connectivity index (χ2n) is 3.19. The Balaban J connectivity index is 2.69. The lowest BCUT2D eigenvalue weighted by atomic mass is 10.0. The molecule has 0 aliphatic rings. The number of fused-ring (bicyclic) bond motifs is 1. The maximum atomic E-state index is 3.50. The van der Waals surface area contributed by atoms with E-state index in [2.05, 4.69) is 74.9 Å². The Labute approximate surface area is 106 Å². The normalized spacial score (nSPS) is 10.7. The molecule has 0 aliphatic carbocycles. The lowest BCUT2D eigenvalue weighted by Crippen LogP contribution is -1.92. The Hall–Kier alpha value is -0.0900. The molecule has 0 bridgehead atoms. The van der Waals surface area contributed by atoms with Gasteiger partial charge in [0.15, 0.2) is 0 Å². The van der Waals surface area contributed by atoms with Gasteiger partial charge in [0.1, 0.15) is 0 Å². The van der Waals surface area contributed by atoms with Crippen LogP contribution in [0.5, 0.6) is 0 Å². The van der Waals surface area contributed by atoms with Crippen LogP contribution in [0.2, 0.25) is 0 Å². The van der Waals surface area contributed by atoms with Gasteiger partial charge in [-0.15, -0.1) is 0 Å². The van der Waals surface area contributed by atoms with Crippen molar-refractivity contribution in [1.29, 1.82) is 0 Å². The predicted octanol–water partition coefficient (Wildman–Crippen LogP) is 4.38. The van der Waals surface area contributed by atoms with E-state index in [1.54, 1.807) is 0 Å². The molecule has 0 N–H and O–H groups in total. The Morgan fingerprint density at radius 1 is 1.07 bits per heavy atom. The van der Waals surface area contributed by atoms with Gasteiger partial charge in [-0.05, 0) is 51.4 Å². The molecule has 0 saturated heterocycles. The highest BCUT2D eigenvalue weighted by molar-refractivity contribution is 14.1. The monoisotopic (exact) mass is 360 g/mol. The highest BCUT2D eigenvalue weighted by Gasteiger charge is 2.03. The summed E-state index contributed by atoms with van der Waals surface area (Å²) < 4.78 is 1.36. The van der Waals surface area contributed by atoms with Crippen molar-refractivity contribution < 1.29 is 0 Å². The fraction of sp³-hybridized carbons (Fsp3) is 0.167. The Morgan fingerprint density at radius 3 is 2.64 bits per heavy atom. The van der Waals surface area contributed by atoms with Crippen molar-refractivity contribution >= 4 is 49.3 Å². The molecule has 0 fully saturated rings. The Morgan fingerprint density at radius 2 is 1.86 bits per heavy atom. The van der Waals surface area contributed by atoms with Crippen LogP contribution in [0, 0.1) is 3.57 Å². The summed E-state index contributed by atoms with van der Waals surface area (Å²) in [5, 5.41) is 3.75. The van der Waals surface area contributed by atoms with E-state index in [9.17, 15) is 0 Å². The zero-order valence-corrected chi connectivity index (χ0v) is 11.4. The van der Waals surface area contributed by atoms with Crippen molar-refractivity contribution in [2.45, 2.75) is 6.42 Å². The first-order valence-corrected chi connectivity index (χ1v) is 6.75. The van der Waals surface area contributed by atoms with Crippen LogP contribution in [0.4, 0.5) is 0 Å². The summed E-state index contributed by atoms with van der Waals surface area (Å²) >= 11 is 5.91. The molecule has 0 saturated carbocycles. The number of halogens is 2. The molecule has 72 valence electrons. The average Bonchev–Trinajstić information content (AvgIpc) is 2.23. The van der Waals surface area contributed by atoms with Gasteiger partial charge in [-0.3, -0.25) is 0 Å². The summed E-state index contributed by atoms with van der Waals surface area (Å²) in [6, 6.07) is 13.0. The van der Waals surface area contributed by atoms with Gasteiger partial charge < -0.3 is 0 Å². The third kappa shape index (κ3) is 1.96. The van der Waals surface area contributed by atoms with Crippen LogP contribution in [0.3, 0.4) is 0 Å². The lowest BCUT2D eigenvalue weighted by Gasteiger charge is -2.07. The number of aryl methyl sites for hydroxylation is 1. The third-order valence-electron chi connectivity index (χ3n) is 2.33. The zero-order chi connectivity index (χ0) is 9.97. The van der Waals surface area contributed by atoms with Crippen LogP contribution < -0.4 is 0 Å². The van der Waals surface area contributed by atoms with E-state index in [4.69, 9.17) is 0 Å². The second kappa shape index (κ2) is 4.62. The molecule has 2 aromatic rings. The van der Waals surface area contributed by atoms with Gasteiger partial charge >= 0.3 is 0 Å². The predicted molar refractivity (Wildman–Crippen MR) is 74.2 cm³/mol. The third-order valence-corrected chi connectivity index (χ3v) is 3.74. The maximum Gasteiger partial charge on any atom is 0.0169 e. The van der Waals surface area contributed by atoms with Gasteiger partial charge in [-0.25, -0.2) is 0 Å². The van der Waals surface area contributed by atoms with Crippen LogP contribution in [0.25, 0.3) is 10.8 Å². The smallest absolute Gasteiger partial charge is 0.0169 e. The van der Waals surface area contributed by atoms with Crippen LogP contribution in [0.15, 0.2) is 36.4 Å². The summed E-state index contributed by atoms with van der Waals surface area (Å²) in [6.45, 7) is 0. The van der Waals surface area contributed by atoms with Crippen molar-refractivity contribution in [3.63, 3.8) is 0 Å². The minimum Gasteiger partial charge on any atom is -0.0924 e. The van der Waals surface area contributed by atoms with Gasteiger partial charge in [-0.1, -0.05) is 46.3 Å². The van der Waals surface area contributed by atoms with E-state index in [1.807, 2.05) is 0 Å². The van der Waals surface area contributed by atoms with Crippen molar-refractivity contribution in [2.75, 3.05) is 5.33 Å². The molecule has 0 heterocycles. The highest BCUT2D eigenvalue weighted by atomic mass is 127. The molecular weight excluding hydrogens is 351 g/mol. The minimum atomic E-state index is 1.02. The van der Waals surface area contributed by atoms with E-state index in [0.29, 0.717) is 0 Å². The number of rotatable bonds is 2. The van der Waals surface area contributed by atoms with Crippen LogP contribution >= 0.6 is 38.5 Å². The average molecular weight is 361 g/mol. The van der Waals surface area contributed by atoms with Crippen LogP contribution in [-0.2, 0) is 6.42 Å². The number of alkyl halides is 1. The van der Waals surface area contributed by atoms with E-state index in [0.717, 1.165) is 11.8 Å². The molecule has 0 nitrogen and oxygen atoms in total. The van der Waals surface area contributed by atoms with Gasteiger partial charge in [0, 0.05) is 8.90 Å². The van der Waals surface area contributed by atoms with E-state index < -0.39 is 0 Å². The topological polar surface area (TPSA) is 0 Å². The van der Waals surface area contributed by atoms with Crippen molar-refractivity contribution in [3.05, 3.63) is 45.5 Å². The van der Waals surface area contributed by atoms with Gasteiger partial charge in [0.05, 0.1) is 0 Å². The Kier molecular flexibility index (Phi) is 3.44. The molecule has 0 spiro atoms. The quantitative estimate of drug-likeness (QED) is 0.550. The molecular formula is C12H10BrI. The summed E-state index contributed by atoms with van der Waals surface area (Å²) in [7, 11) is 0. The van der Waals surface area contributed by atoms with Crippen molar-refractivity contribution in [1.82, 2.24) is 0 Å². The molecule has 0 amide bonds.